The van der Waals surface area contributed by atoms with Gasteiger partial charge in [-0.3, -0.25) is 9.78 Å². The molecule has 0 aliphatic heterocycles. The van der Waals surface area contributed by atoms with E-state index < -0.39 is 4.75 Å². The highest BCUT2D eigenvalue weighted by Crippen LogP contribution is 2.37. The maximum Gasteiger partial charge on any atom is 0.321 e. The van der Waals surface area contributed by atoms with E-state index >= 15 is 0 Å². The number of carbonyl (C=O) groups excluding carboxylic acids is 1. The fourth-order valence-corrected chi connectivity index (χ4v) is 2.90. The normalized spacial score (nSPS) is 11.6. The van der Waals surface area contributed by atoms with Gasteiger partial charge in [-0.25, -0.2) is 4.39 Å². The maximum absolute atomic E-state index is 13.4. The molecule has 1 aromatic carbocycles. The first-order chi connectivity index (χ1) is 9.44. The van der Waals surface area contributed by atoms with E-state index in [-0.39, 0.29) is 11.8 Å². The molecule has 0 saturated heterocycles. The molecule has 2 aromatic rings. The summed E-state index contributed by atoms with van der Waals surface area (Å²) < 4.78 is 17.7. The van der Waals surface area contributed by atoms with Crippen molar-refractivity contribution >= 4 is 28.6 Å². The molecule has 2 rings (SSSR count). The summed E-state index contributed by atoms with van der Waals surface area (Å²) in [6, 6.07) is 6.23. The number of thioether (sulfide) groups is 1. The van der Waals surface area contributed by atoms with Gasteiger partial charge in [0.05, 0.1) is 12.1 Å². The number of fused-ring (bicyclic) bond motifs is 1. The fraction of sp³-hybridized carbons (Fsp3) is 0.333. The largest absolute Gasteiger partial charge is 0.465 e. The molecule has 0 fully saturated rings. The summed E-state index contributed by atoms with van der Waals surface area (Å²) in [7, 11) is 0. The van der Waals surface area contributed by atoms with Crippen LogP contribution in [-0.4, -0.2) is 22.3 Å². The van der Waals surface area contributed by atoms with Gasteiger partial charge in [0, 0.05) is 16.5 Å². The van der Waals surface area contributed by atoms with Crippen LogP contribution in [0, 0.1) is 5.82 Å². The van der Waals surface area contributed by atoms with E-state index in [1.807, 2.05) is 0 Å². The van der Waals surface area contributed by atoms with Crippen molar-refractivity contribution < 1.29 is 13.9 Å². The maximum atomic E-state index is 13.4. The van der Waals surface area contributed by atoms with Crippen molar-refractivity contribution in [3.63, 3.8) is 0 Å². The molecule has 0 amide bonds. The highest BCUT2D eigenvalue weighted by molar-refractivity contribution is 8.01. The molecule has 0 atom stereocenters. The fourth-order valence-electron chi connectivity index (χ4n) is 1.80. The summed E-state index contributed by atoms with van der Waals surface area (Å²) in [4.78, 5) is 16.9. The number of carbonyl (C=O) groups is 1. The number of rotatable bonds is 4. The van der Waals surface area contributed by atoms with E-state index in [9.17, 15) is 9.18 Å². The summed E-state index contributed by atoms with van der Waals surface area (Å²) in [5.74, 6) is -0.604. The van der Waals surface area contributed by atoms with Gasteiger partial charge in [-0.15, -0.1) is 11.8 Å². The molecule has 0 aliphatic rings. The molecule has 3 nitrogen and oxygen atoms in total. The molecule has 0 N–H and O–H groups in total. The van der Waals surface area contributed by atoms with Crippen LogP contribution in [0.2, 0.25) is 0 Å². The van der Waals surface area contributed by atoms with Crippen LogP contribution in [0.4, 0.5) is 4.39 Å². The van der Waals surface area contributed by atoms with Crippen LogP contribution in [-0.2, 0) is 9.53 Å². The zero-order chi connectivity index (χ0) is 14.8. The Balaban J connectivity index is 2.38. The van der Waals surface area contributed by atoms with Gasteiger partial charge in [-0.1, -0.05) is 0 Å². The van der Waals surface area contributed by atoms with E-state index in [1.54, 1.807) is 39.1 Å². The highest BCUT2D eigenvalue weighted by Gasteiger charge is 2.31. The zero-order valence-electron chi connectivity index (χ0n) is 11.6. The number of ether oxygens (including phenoxy) is 1. The number of pyridine rings is 1. The van der Waals surface area contributed by atoms with E-state index in [2.05, 4.69) is 4.98 Å². The first kappa shape index (κ1) is 14.8. The Kier molecular flexibility index (Phi) is 4.28. The minimum Gasteiger partial charge on any atom is -0.465 e. The van der Waals surface area contributed by atoms with Gasteiger partial charge in [-0.2, -0.15) is 0 Å². The van der Waals surface area contributed by atoms with Gasteiger partial charge in [0.25, 0.3) is 0 Å². The molecule has 5 heteroatoms. The van der Waals surface area contributed by atoms with Gasteiger partial charge in [-0.05, 0) is 45.0 Å². The molecule has 0 bridgehead atoms. The molecular formula is C15H16FNO2S. The third-order valence-corrected chi connectivity index (χ3v) is 4.05. The lowest BCUT2D eigenvalue weighted by molar-refractivity contribution is -0.145. The van der Waals surface area contributed by atoms with Crippen molar-refractivity contribution in [3.05, 3.63) is 36.3 Å². The Hall–Kier alpha value is -1.62. The zero-order valence-corrected chi connectivity index (χ0v) is 12.5. The van der Waals surface area contributed by atoms with Gasteiger partial charge in [0.15, 0.2) is 0 Å². The van der Waals surface area contributed by atoms with Crippen molar-refractivity contribution in [3.8, 4) is 0 Å². The molecule has 106 valence electrons. The Bertz CT molecular complexity index is 643. The average Bonchev–Trinajstić information content (AvgIpc) is 2.39. The molecule has 0 spiro atoms. The van der Waals surface area contributed by atoms with Crippen molar-refractivity contribution in [2.24, 2.45) is 0 Å². The molecule has 20 heavy (non-hydrogen) atoms. The standard InChI is InChI=1S/C15H16FNO2S/c1-4-19-14(18)15(2,3)20-13-7-8-17-12-6-5-10(16)9-11(12)13/h5-9H,4H2,1-3H3. The first-order valence-corrected chi connectivity index (χ1v) is 7.16. The molecule has 1 aromatic heterocycles. The highest BCUT2D eigenvalue weighted by atomic mass is 32.2. The quantitative estimate of drug-likeness (QED) is 0.635. The minimum atomic E-state index is -0.739. The minimum absolute atomic E-state index is 0.286. The Morgan fingerprint density at radius 1 is 1.40 bits per heavy atom. The van der Waals surface area contributed by atoms with Crippen LogP contribution in [0.3, 0.4) is 0 Å². The number of esters is 1. The van der Waals surface area contributed by atoms with Crippen LogP contribution in [0.15, 0.2) is 35.4 Å². The summed E-state index contributed by atoms with van der Waals surface area (Å²) in [6.07, 6.45) is 1.66. The van der Waals surface area contributed by atoms with Crippen LogP contribution in [0.5, 0.6) is 0 Å². The third kappa shape index (κ3) is 3.10. The topological polar surface area (TPSA) is 39.2 Å². The van der Waals surface area contributed by atoms with Gasteiger partial charge < -0.3 is 4.74 Å². The van der Waals surface area contributed by atoms with E-state index in [1.165, 1.54) is 23.9 Å². The SMILES string of the molecule is CCOC(=O)C(C)(C)Sc1ccnc2ccc(F)cc12. The number of halogens is 1. The average molecular weight is 293 g/mol. The molecular weight excluding hydrogens is 277 g/mol. The van der Waals surface area contributed by atoms with Crippen LogP contribution in [0.25, 0.3) is 10.9 Å². The second-order valence-electron chi connectivity index (χ2n) is 4.80. The van der Waals surface area contributed by atoms with Gasteiger partial charge >= 0.3 is 5.97 Å². The van der Waals surface area contributed by atoms with E-state index in [0.29, 0.717) is 17.5 Å². The molecule has 1 heterocycles. The van der Waals surface area contributed by atoms with Crippen LogP contribution >= 0.6 is 11.8 Å². The lowest BCUT2D eigenvalue weighted by atomic mass is 10.2. The van der Waals surface area contributed by atoms with Crippen molar-refractivity contribution in [2.75, 3.05) is 6.61 Å². The van der Waals surface area contributed by atoms with Crippen molar-refractivity contribution in [2.45, 2.75) is 30.4 Å². The molecule has 0 radical (unpaired) electrons. The summed E-state index contributed by atoms with van der Waals surface area (Å²) in [6.45, 7) is 5.70. The van der Waals surface area contributed by atoms with E-state index in [0.717, 1.165) is 4.90 Å². The summed E-state index contributed by atoms with van der Waals surface area (Å²) in [5, 5.41) is 0.704. The first-order valence-electron chi connectivity index (χ1n) is 6.34. The lowest BCUT2D eigenvalue weighted by Crippen LogP contribution is -2.29. The predicted octanol–water partition coefficient (Wildman–Crippen LogP) is 3.81. The Morgan fingerprint density at radius 2 is 2.15 bits per heavy atom. The molecule has 0 saturated carbocycles. The van der Waals surface area contributed by atoms with Crippen LogP contribution < -0.4 is 0 Å². The molecule has 0 unspecified atom stereocenters. The Labute approximate surface area is 121 Å². The number of nitrogens with zero attached hydrogens (tertiary/aromatic N) is 1. The van der Waals surface area contributed by atoms with Crippen molar-refractivity contribution in [1.29, 1.82) is 0 Å². The lowest BCUT2D eigenvalue weighted by Gasteiger charge is -2.22. The second-order valence-corrected chi connectivity index (χ2v) is 6.47. The van der Waals surface area contributed by atoms with Gasteiger partial charge in [0.2, 0.25) is 0 Å². The Morgan fingerprint density at radius 3 is 2.85 bits per heavy atom. The third-order valence-electron chi connectivity index (χ3n) is 2.80. The second kappa shape index (κ2) is 5.79. The van der Waals surface area contributed by atoms with E-state index in [4.69, 9.17) is 4.74 Å². The number of hydrogen-bond donors (Lipinski definition) is 0. The predicted molar refractivity (Wildman–Crippen MR) is 78.3 cm³/mol. The number of hydrogen-bond acceptors (Lipinski definition) is 4. The van der Waals surface area contributed by atoms with Crippen LogP contribution in [0.1, 0.15) is 20.8 Å². The molecule has 0 aliphatic carbocycles. The monoisotopic (exact) mass is 293 g/mol. The van der Waals surface area contributed by atoms with Gasteiger partial charge in [0.1, 0.15) is 10.6 Å². The number of benzene rings is 1. The van der Waals surface area contributed by atoms with Crippen molar-refractivity contribution in [1.82, 2.24) is 4.98 Å². The summed E-state index contributed by atoms with van der Waals surface area (Å²) >= 11 is 1.35. The number of aromatic nitrogens is 1. The smallest absolute Gasteiger partial charge is 0.321 e. The summed E-state index contributed by atoms with van der Waals surface area (Å²) in [5.41, 5.74) is 0.705.